The summed E-state index contributed by atoms with van der Waals surface area (Å²) < 4.78 is 21.5. The molecule has 0 saturated carbocycles. The van der Waals surface area contributed by atoms with E-state index in [1.807, 2.05) is 36.4 Å². The van der Waals surface area contributed by atoms with E-state index < -0.39 is 36.1 Å². The summed E-state index contributed by atoms with van der Waals surface area (Å²) in [6.07, 6.45) is 0.0265. The maximum absolute atomic E-state index is 13.5. The van der Waals surface area contributed by atoms with Gasteiger partial charge in [-0.05, 0) is 56.5 Å². The number of nitrogens with zero attached hydrogens (tertiary/aromatic N) is 2. The Kier molecular flexibility index (Phi) is 10.6. The first-order valence-corrected chi connectivity index (χ1v) is 14.6. The van der Waals surface area contributed by atoms with Crippen molar-refractivity contribution in [3.8, 4) is 16.9 Å². The number of nitrogens with one attached hydrogen (secondary N) is 1. The summed E-state index contributed by atoms with van der Waals surface area (Å²) in [5, 5.41) is 8.09. The Labute approximate surface area is 256 Å². The molecular formula is C32H40N4O8. The zero-order valence-electron chi connectivity index (χ0n) is 25.4. The lowest BCUT2D eigenvalue weighted by molar-refractivity contribution is -0.174. The number of carbonyl (C=O) groups excluding carboxylic acids is 4. The minimum Gasteiger partial charge on any atom is -0.491 e. The van der Waals surface area contributed by atoms with E-state index in [9.17, 15) is 19.2 Å². The van der Waals surface area contributed by atoms with E-state index >= 15 is 0 Å². The number of hydrogen-bond donors (Lipinski definition) is 2. The summed E-state index contributed by atoms with van der Waals surface area (Å²) in [5.41, 5.74) is 7.34. The number of amides is 2. The average molecular weight is 609 g/mol. The number of carbonyl (C=O) groups is 4. The summed E-state index contributed by atoms with van der Waals surface area (Å²) >= 11 is 0. The van der Waals surface area contributed by atoms with Crippen molar-refractivity contribution in [2.75, 3.05) is 46.2 Å². The van der Waals surface area contributed by atoms with Crippen LogP contribution in [0.4, 0.5) is 0 Å². The van der Waals surface area contributed by atoms with Gasteiger partial charge in [0.25, 0.3) is 0 Å². The van der Waals surface area contributed by atoms with E-state index in [-0.39, 0.29) is 43.6 Å². The largest absolute Gasteiger partial charge is 0.491 e. The third-order valence-corrected chi connectivity index (χ3v) is 7.54. The van der Waals surface area contributed by atoms with Gasteiger partial charge in [0.05, 0.1) is 37.0 Å². The number of esters is 2. The molecule has 0 aromatic heterocycles. The maximum atomic E-state index is 13.5. The number of nitrogen functional groups attached to an aromatic ring is 1. The smallest absolute Gasteiger partial charge is 0.314 e. The van der Waals surface area contributed by atoms with Crippen molar-refractivity contribution in [1.29, 1.82) is 5.41 Å². The summed E-state index contributed by atoms with van der Waals surface area (Å²) in [7, 11) is 0. The molecule has 0 radical (unpaired) electrons. The van der Waals surface area contributed by atoms with Crippen LogP contribution in [0, 0.1) is 16.7 Å². The molecule has 2 aliphatic heterocycles. The monoisotopic (exact) mass is 608 g/mol. The molecule has 0 bridgehead atoms. The second kappa shape index (κ2) is 14.3. The predicted molar refractivity (Wildman–Crippen MR) is 161 cm³/mol. The molecular weight excluding hydrogens is 568 g/mol. The van der Waals surface area contributed by atoms with Crippen molar-refractivity contribution >= 4 is 29.6 Å². The molecule has 2 fully saturated rings. The average Bonchev–Trinajstić information content (AvgIpc) is 3.29. The van der Waals surface area contributed by atoms with Gasteiger partial charge >= 0.3 is 11.9 Å². The fourth-order valence-electron chi connectivity index (χ4n) is 5.09. The van der Waals surface area contributed by atoms with Crippen LogP contribution in [-0.4, -0.2) is 91.7 Å². The molecule has 2 atom stereocenters. The molecule has 2 heterocycles. The lowest BCUT2D eigenvalue weighted by Crippen LogP contribution is -2.48. The Bertz CT molecular complexity index is 1370. The Hall–Kier alpha value is -4.45. The molecule has 2 aromatic rings. The zero-order chi connectivity index (χ0) is 31.9. The number of morpholine rings is 1. The molecule has 2 saturated heterocycles. The van der Waals surface area contributed by atoms with Crippen LogP contribution >= 0.6 is 0 Å². The van der Waals surface area contributed by atoms with Crippen molar-refractivity contribution in [3.63, 3.8) is 0 Å². The summed E-state index contributed by atoms with van der Waals surface area (Å²) in [5.74, 6) is -2.17. The molecule has 2 aromatic carbocycles. The summed E-state index contributed by atoms with van der Waals surface area (Å²) in [6, 6.07) is 14.3. The highest BCUT2D eigenvalue weighted by Gasteiger charge is 2.42. The topological polar surface area (TPSA) is 162 Å². The molecule has 0 unspecified atom stereocenters. The number of benzene rings is 2. The first kappa shape index (κ1) is 32.5. The zero-order valence-corrected chi connectivity index (χ0v) is 25.4. The molecule has 4 rings (SSSR count). The van der Waals surface area contributed by atoms with Crippen LogP contribution in [0.15, 0.2) is 48.5 Å². The number of hydrogen-bond acceptors (Lipinski definition) is 9. The van der Waals surface area contributed by atoms with Gasteiger partial charge in [-0.15, -0.1) is 0 Å². The fraction of sp³-hybridized carbons (Fsp3) is 0.469. The van der Waals surface area contributed by atoms with Gasteiger partial charge < -0.3 is 34.5 Å². The van der Waals surface area contributed by atoms with Gasteiger partial charge in [0.15, 0.2) is 0 Å². The molecule has 236 valence electrons. The third-order valence-electron chi connectivity index (χ3n) is 7.54. The van der Waals surface area contributed by atoms with Gasteiger partial charge in [-0.25, -0.2) is 0 Å². The van der Waals surface area contributed by atoms with Crippen LogP contribution in [-0.2, 0) is 33.4 Å². The quantitative estimate of drug-likeness (QED) is 0.169. The lowest BCUT2D eigenvalue weighted by Gasteiger charge is -2.30. The number of nitrogens with two attached hydrogens (primary N) is 1. The highest BCUT2D eigenvalue weighted by atomic mass is 16.7. The standard InChI is InChI=1S/C32H40N4O8/c1-32(2,3)31(40)44-20-43-28(38)16-22-15-23(36(30(22)39)18-27(37)35-11-13-41-14-12-35)19-42-24-9-10-25(26(17-24)29(33)34)21-7-5-4-6-8-21/h4-10,17,22-23H,11-16,18-20H2,1-3H3,(H3,33,34)/t22-,23-/m0/s1. The molecule has 12 nitrogen and oxygen atoms in total. The Morgan fingerprint density at radius 2 is 1.75 bits per heavy atom. The molecule has 2 aliphatic rings. The molecule has 3 N–H and O–H groups in total. The number of rotatable bonds is 11. The summed E-state index contributed by atoms with van der Waals surface area (Å²) in [6.45, 7) is 6.13. The van der Waals surface area contributed by atoms with Crippen molar-refractivity contribution in [2.45, 2.75) is 39.7 Å². The van der Waals surface area contributed by atoms with Crippen molar-refractivity contribution in [2.24, 2.45) is 17.1 Å². The van der Waals surface area contributed by atoms with E-state index in [4.69, 9.17) is 30.1 Å². The molecule has 0 spiro atoms. The highest BCUT2D eigenvalue weighted by molar-refractivity contribution is 6.02. The van der Waals surface area contributed by atoms with E-state index in [2.05, 4.69) is 0 Å². The highest BCUT2D eigenvalue weighted by Crippen LogP contribution is 2.31. The SMILES string of the molecule is CC(C)(C)C(=O)OCOC(=O)C[C@@H]1C[C@@H](COc2ccc(-c3ccccc3)c(C(=N)N)c2)N(CC(=O)N2CCOCC2)C1=O. The van der Waals surface area contributed by atoms with Gasteiger partial charge in [-0.2, -0.15) is 0 Å². The van der Waals surface area contributed by atoms with E-state index in [0.717, 1.165) is 11.1 Å². The molecule has 0 aliphatic carbocycles. The van der Waals surface area contributed by atoms with Gasteiger partial charge in [0, 0.05) is 18.7 Å². The van der Waals surface area contributed by atoms with Crippen molar-refractivity contribution in [3.05, 3.63) is 54.1 Å². The Balaban J connectivity index is 1.44. The van der Waals surface area contributed by atoms with Crippen molar-refractivity contribution in [1.82, 2.24) is 9.80 Å². The molecule has 44 heavy (non-hydrogen) atoms. The maximum Gasteiger partial charge on any atom is 0.314 e. The number of amidine groups is 1. The first-order valence-electron chi connectivity index (χ1n) is 14.6. The fourth-order valence-corrected chi connectivity index (χ4v) is 5.09. The second-order valence-electron chi connectivity index (χ2n) is 11.9. The van der Waals surface area contributed by atoms with E-state index in [1.54, 1.807) is 37.8 Å². The normalized spacial score (nSPS) is 18.6. The van der Waals surface area contributed by atoms with Crippen LogP contribution in [0.25, 0.3) is 11.1 Å². The van der Waals surface area contributed by atoms with Gasteiger partial charge in [0.2, 0.25) is 18.6 Å². The first-order chi connectivity index (χ1) is 20.9. The van der Waals surface area contributed by atoms with E-state index in [0.29, 0.717) is 37.6 Å². The van der Waals surface area contributed by atoms with Crippen LogP contribution in [0.3, 0.4) is 0 Å². The van der Waals surface area contributed by atoms with Crippen LogP contribution in [0.5, 0.6) is 5.75 Å². The third kappa shape index (κ3) is 8.34. The Morgan fingerprint density at radius 3 is 2.41 bits per heavy atom. The Morgan fingerprint density at radius 1 is 1.05 bits per heavy atom. The van der Waals surface area contributed by atoms with Crippen LogP contribution in [0.1, 0.15) is 39.2 Å². The number of ether oxygens (including phenoxy) is 4. The lowest BCUT2D eigenvalue weighted by atomic mass is 9.98. The van der Waals surface area contributed by atoms with E-state index in [1.165, 1.54) is 4.90 Å². The van der Waals surface area contributed by atoms with Gasteiger partial charge in [-0.1, -0.05) is 30.3 Å². The molecule has 2 amide bonds. The summed E-state index contributed by atoms with van der Waals surface area (Å²) in [4.78, 5) is 54.2. The second-order valence-corrected chi connectivity index (χ2v) is 11.9. The number of likely N-dealkylation sites (tertiary alicyclic amines) is 1. The minimum absolute atomic E-state index is 0.0545. The predicted octanol–water partition coefficient (Wildman–Crippen LogP) is 2.57. The molecule has 12 heteroatoms. The van der Waals surface area contributed by atoms with Crippen LogP contribution < -0.4 is 10.5 Å². The van der Waals surface area contributed by atoms with Crippen molar-refractivity contribution < 1.29 is 38.1 Å². The minimum atomic E-state index is -0.748. The van der Waals surface area contributed by atoms with Gasteiger partial charge in [-0.3, -0.25) is 24.6 Å². The van der Waals surface area contributed by atoms with Gasteiger partial charge in [0.1, 0.15) is 24.7 Å². The van der Waals surface area contributed by atoms with Crippen LogP contribution in [0.2, 0.25) is 0 Å².